The molecule has 0 atom stereocenters. The second-order valence-corrected chi connectivity index (χ2v) is 5.81. The highest BCUT2D eigenvalue weighted by atomic mass is 16.4. The summed E-state index contributed by atoms with van der Waals surface area (Å²) in [5.74, 6) is -1.53. The molecule has 0 bridgehead atoms. The molecule has 24 heavy (non-hydrogen) atoms. The summed E-state index contributed by atoms with van der Waals surface area (Å²) in [7, 11) is 0. The molecule has 0 unspecified atom stereocenters. The highest BCUT2D eigenvalue weighted by Crippen LogP contribution is 2.25. The van der Waals surface area contributed by atoms with Crippen LogP contribution in [-0.2, 0) is 4.79 Å². The first-order valence-electron chi connectivity index (χ1n) is 8.30. The zero-order valence-electron chi connectivity index (χ0n) is 14.5. The SMILES string of the molecule is CCCNC(=O)c1cccc(C(=O)NCC(CC)(CC)C(=O)O)c1. The third kappa shape index (κ3) is 4.81. The number of aliphatic carboxylic acids is 1. The summed E-state index contributed by atoms with van der Waals surface area (Å²) < 4.78 is 0. The van der Waals surface area contributed by atoms with E-state index in [0.717, 1.165) is 6.42 Å². The summed E-state index contributed by atoms with van der Waals surface area (Å²) in [5.41, 5.74) is -0.219. The third-order valence-corrected chi connectivity index (χ3v) is 4.32. The predicted molar refractivity (Wildman–Crippen MR) is 92.1 cm³/mol. The second kappa shape index (κ2) is 9.05. The van der Waals surface area contributed by atoms with E-state index in [4.69, 9.17) is 0 Å². The molecule has 1 aromatic carbocycles. The van der Waals surface area contributed by atoms with Crippen molar-refractivity contribution in [1.82, 2.24) is 10.6 Å². The molecule has 6 heteroatoms. The first-order chi connectivity index (χ1) is 11.4. The van der Waals surface area contributed by atoms with Gasteiger partial charge in [0.05, 0.1) is 5.41 Å². The lowest BCUT2D eigenvalue weighted by molar-refractivity contribution is -0.149. The van der Waals surface area contributed by atoms with E-state index in [-0.39, 0.29) is 18.4 Å². The van der Waals surface area contributed by atoms with Crippen LogP contribution in [-0.4, -0.2) is 36.0 Å². The Morgan fingerprint density at radius 3 is 2.00 bits per heavy atom. The molecule has 0 spiro atoms. The lowest BCUT2D eigenvalue weighted by Gasteiger charge is -2.26. The highest BCUT2D eigenvalue weighted by molar-refractivity contribution is 5.99. The fourth-order valence-electron chi connectivity index (χ4n) is 2.37. The van der Waals surface area contributed by atoms with E-state index in [1.807, 2.05) is 6.92 Å². The summed E-state index contributed by atoms with van der Waals surface area (Å²) in [5, 5.41) is 14.8. The van der Waals surface area contributed by atoms with Gasteiger partial charge < -0.3 is 15.7 Å². The van der Waals surface area contributed by atoms with Gasteiger partial charge in [0.2, 0.25) is 0 Å². The Balaban J connectivity index is 2.81. The molecule has 1 rings (SSSR count). The minimum atomic E-state index is -0.966. The van der Waals surface area contributed by atoms with Crippen LogP contribution in [0, 0.1) is 5.41 Å². The van der Waals surface area contributed by atoms with E-state index in [1.54, 1.807) is 32.0 Å². The highest BCUT2D eigenvalue weighted by Gasteiger charge is 2.35. The van der Waals surface area contributed by atoms with Crippen molar-refractivity contribution in [3.05, 3.63) is 35.4 Å². The van der Waals surface area contributed by atoms with Gasteiger partial charge in [0.15, 0.2) is 0 Å². The molecule has 0 aliphatic rings. The van der Waals surface area contributed by atoms with Gasteiger partial charge >= 0.3 is 5.97 Å². The standard InChI is InChI=1S/C18H26N2O4/c1-4-10-19-15(21)13-8-7-9-14(11-13)16(22)20-12-18(5-2,6-3)17(23)24/h7-9,11H,4-6,10,12H2,1-3H3,(H,19,21)(H,20,22)(H,23,24). The number of amides is 2. The monoisotopic (exact) mass is 334 g/mol. The van der Waals surface area contributed by atoms with Crippen LogP contribution in [0.3, 0.4) is 0 Å². The summed E-state index contributed by atoms with van der Waals surface area (Å²) in [4.78, 5) is 35.7. The average molecular weight is 334 g/mol. The molecule has 0 heterocycles. The van der Waals surface area contributed by atoms with Crippen LogP contribution in [0.15, 0.2) is 24.3 Å². The predicted octanol–water partition coefficient (Wildman–Crippen LogP) is 2.45. The number of carbonyl (C=O) groups excluding carboxylic acids is 2. The van der Waals surface area contributed by atoms with Crippen LogP contribution in [0.25, 0.3) is 0 Å². The Bertz CT molecular complexity index is 594. The average Bonchev–Trinajstić information content (AvgIpc) is 2.60. The van der Waals surface area contributed by atoms with Gasteiger partial charge in [-0.25, -0.2) is 0 Å². The van der Waals surface area contributed by atoms with E-state index >= 15 is 0 Å². The van der Waals surface area contributed by atoms with Crippen molar-refractivity contribution in [2.45, 2.75) is 40.0 Å². The van der Waals surface area contributed by atoms with Crippen LogP contribution < -0.4 is 10.6 Å². The Hall–Kier alpha value is -2.37. The smallest absolute Gasteiger partial charge is 0.311 e. The van der Waals surface area contributed by atoms with E-state index in [1.165, 1.54) is 6.07 Å². The van der Waals surface area contributed by atoms with Gasteiger partial charge in [-0.15, -0.1) is 0 Å². The Morgan fingerprint density at radius 1 is 1.00 bits per heavy atom. The van der Waals surface area contributed by atoms with Crippen molar-refractivity contribution < 1.29 is 19.5 Å². The van der Waals surface area contributed by atoms with Gasteiger partial charge in [-0.1, -0.05) is 26.8 Å². The van der Waals surface area contributed by atoms with E-state index in [9.17, 15) is 19.5 Å². The molecule has 0 aromatic heterocycles. The molecule has 0 radical (unpaired) electrons. The first kappa shape index (κ1) is 19.7. The second-order valence-electron chi connectivity index (χ2n) is 5.81. The zero-order valence-corrected chi connectivity index (χ0v) is 14.5. The third-order valence-electron chi connectivity index (χ3n) is 4.32. The van der Waals surface area contributed by atoms with Gasteiger partial charge in [-0.3, -0.25) is 14.4 Å². The van der Waals surface area contributed by atoms with Crippen LogP contribution in [0.2, 0.25) is 0 Å². The van der Waals surface area contributed by atoms with Gasteiger partial charge in [-0.2, -0.15) is 0 Å². The van der Waals surface area contributed by atoms with Crippen molar-refractivity contribution in [1.29, 1.82) is 0 Å². The summed E-state index contributed by atoms with van der Waals surface area (Å²) >= 11 is 0. The molecular weight excluding hydrogens is 308 g/mol. The number of benzene rings is 1. The largest absolute Gasteiger partial charge is 0.481 e. The van der Waals surface area contributed by atoms with Gasteiger partial charge in [-0.05, 0) is 37.5 Å². The Labute approximate surface area is 142 Å². The molecule has 1 aromatic rings. The molecule has 0 saturated carbocycles. The summed E-state index contributed by atoms with van der Waals surface area (Å²) in [6.07, 6.45) is 1.69. The lowest BCUT2D eigenvalue weighted by atomic mass is 9.82. The molecule has 6 nitrogen and oxygen atoms in total. The number of carboxylic acid groups (broad SMARTS) is 1. The zero-order chi connectivity index (χ0) is 18.2. The number of nitrogens with one attached hydrogen (secondary N) is 2. The van der Waals surface area contributed by atoms with Crippen molar-refractivity contribution >= 4 is 17.8 Å². The quantitative estimate of drug-likeness (QED) is 0.646. The maximum atomic E-state index is 12.3. The molecular formula is C18H26N2O4. The molecule has 0 aliphatic carbocycles. The molecule has 0 fully saturated rings. The molecule has 0 aliphatic heterocycles. The maximum Gasteiger partial charge on any atom is 0.311 e. The number of carboxylic acids is 1. The fraction of sp³-hybridized carbons (Fsp3) is 0.500. The molecule has 132 valence electrons. The minimum Gasteiger partial charge on any atom is -0.481 e. The number of hydrogen-bond acceptors (Lipinski definition) is 3. The molecule has 3 N–H and O–H groups in total. The van der Waals surface area contributed by atoms with Gasteiger partial charge in [0.1, 0.15) is 0 Å². The van der Waals surface area contributed by atoms with Crippen LogP contribution in [0.4, 0.5) is 0 Å². The molecule has 0 saturated heterocycles. The minimum absolute atomic E-state index is 0.0560. The number of rotatable bonds is 9. The van der Waals surface area contributed by atoms with E-state index in [2.05, 4.69) is 10.6 Å². The topological polar surface area (TPSA) is 95.5 Å². The molecule has 2 amide bonds. The van der Waals surface area contributed by atoms with E-state index in [0.29, 0.717) is 30.5 Å². The first-order valence-corrected chi connectivity index (χ1v) is 8.30. The van der Waals surface area contributed by atoms with Crippen LogP contribution in [0.1, 0.15) is 60.7 Å². The van der Waals surface area contributed by atoms with Crippen LogP contribution in [0.5, 0.6) is 0 Å². The summed E-state index contributed by atoms with van der Waals surface area (Å²) in [6, 6.07) is 6.40. The normalized spacial score (nSPS) is 11.0. The number of hydrogen-bond donors (Lipinski definition) is 3. The van der Waals surface area contributed by atoms with Crippen molar-refractivity contribution in [2.24, 2.45) is 5.41 Å². The van der Waals surface area contributed by atoms with Gasteiger partial charge in [0, 0.05) is 24.2 Å². The van der Waals surface area contributed by atoms with E-state index < -0.39 is 11.4 Å². The van der Waals surface area contributed by atoms with Crippen molar-refractivity contribution in [2.75, 3.05) is 13.1 Å². The maximum absolute atomic E-state index is 12.3. The number of carbonyl (C=O) groups is 3. The van der Waals surface area contributed by atoms with Gasteiger partial charge in [0.25, 0.3) is 11.8 Å². The van der Waals surface area contributed by atoms with Crippen molar-refractivity contribution in [3.63, 3.8) is 0 Å². The van der Waals surface area contributed by atoms with Crippen LogP contribution >= 0.6 is 0 Å². The Morgan fingerprint density at radius 2 is 1.54 bits per heavy atom. The lowest BCUT2D eigenvalue weighted by Crippen LogP contribution is -2.42. The summed E-state index contributed by atoms with van der Waals surface area (Å²) in [6.45, 7) is 6.18. The fourth-order valence-corrected chi connectivity index (χ4v) is 2.37. The van der Waals surface area contributed by atoms with Crippen molar-refractivity contribution in [3.8, 4) is 0 Å². The Kier molecular flexibility index (Phi) is 7.42.